The normalized spacial score (nSPS) is 10.2. The molecule has 0 unspecified atom stereocenters. The first-order chi connectivity index (χ1) is 9.20. The molecule has 0 aliphatic carbocycles. The van der Waals surface area contributed by atoms with Gasteiger partial charge in [0.05, 0.1) is 19.0 Å². The molecule has 5 heteroatoms. The molecule has 0 aromatic carbocycles. The predicted octanol–water partition coefficient (Wildman–Crippen LogP) is 2.64. The van der Waals surface area contributed by atoms with Crippen molar-refractivity contribution in [3.8, 4) is 5.75 Å². The Labute approximate surface area is 110 Å². The molecular formula is C14H13FN2O2. The summed E-state index contributed by atoms with van der Waals surface area (Å²) in [6.07, 6.45) is 6.20. The van der Waals surface area contributed by atoms with Gasteiger partial charge in [0, 0.05) is 23.5 Å². The first-order valence-corrected chi connectivity index (χ1v) is 5.94. The van der Waals surface area contributed by atoms with Gasteiger partial charge in [-0.1, -0.05) is 6.92 Å². The van der Waals surface area contributed by atoms with Gasteiger partial charge in [-0.25, -0.2) is 4.39 Å². The van der Waals surface area contributed by atoms with Gasteiger partial charge < -0.3 is 4.74 Å². The molecule has 2 heterocycles. The number of nitrogens with zero attached hydrogens (tertiary/aromatic N) is 2. The molecule has 0 N–H and O–H groups in total. The fourth-order valence-corrected chi connectivity index (χ4v) is 1.54. The summed E-state index contributed by atoms with van der Waals surface area (Å²) in [5.41, 5.74) is 0.537. The fraction of sp³-hybridized carbons (Fsp3) is 0.214. The number of rotatable bonds is 5. The molecule has 2 rings (SSSR count). The van der Waals surface area contributed by atoms with Crippen LogP contribution in [0.3, 0.4) is 0 Å². The number of ketones is 1. The summed E-state index contributed by atoms with van der Waals surface area (Å²) in [6, 6.07) is 2.74. The van der Waals surface area contributed by atoms with E-state index >= 15 is 0 Å². The van der Waals surface area contributed by atoms with E-state index < -0.39 is 5.82 Å². The van der Waals surface area contributed by atoms with E-state index in [0.717, 1.165) is 18.7 Å². The Morgan fingerprint density at radius 3 is 2.53 bits per heavy atom. The second kappa shape index (κ2) is 6.04. The number of carbonyl (C=O) groups excluding carboxylic acids is 1. The number of carbonyl (C=O) groups is 1. The molecule has 0 radical (unpaired) electrons. The van der Waals surface area contributed by atoms with Crippen molar-refractivity contribution in [2.75, 3.05) is 6.61 Å². The third-order valence-corrected chi connectivity index (χ3v) is 2.42. The highest BCUT2D eigenvalue weighted by atomic mass is 19.1. The van der Waals surface area contributed by atoms with Crippen LogP contribution in [0, 0.1) is 5.82 Å². The number of pyridine rings is 2. The minimum atomic E-state index is -0.544. The van der Waals surface area contributed by atoms with E-state index in [9.17, 15) is 9.18 Å². The van der Waals surface area contributed by atoms with Crippen LogP contribution in [0.1, 0.15) is 29.3 Å². The second-order valence-corrected chi connectivity index (χ2v) is 3.98. The SMILES string of the molecule is CCCOc1cncc(C(=O)c2cncc(F)c2)c1. The Bertz CT molecular complexity index is 587. The van der Waals surface area contributed by atoms with Gasteiger partial charge in [0.25, 0.3) is 0 Å². The Morgan fingerprint density at radius 1 is 1.16 bits per heavy atom. The first kappa shape index (κ1) is 13.1. The van der Waals surface area contributed by atoms with Crippen LogP contribution in [0.4, 0.5) is 4.39 Å². The summed E-state index contributed by atoms with van der Waals surface area (Å²) in [7, 11) is 0. The lowest BCUT2D eigenvalue weighted by molar-refractivity contribution is 0.103. The number of ether oxygens (including phenoxy) is 1. The minimum Gasteiger partial charge on any atom is -0.492 e. The van der Waals surface area contributed by atoms with E-state index in [0.29, 0.717) is 17.9 Å². The molecule has 4 nitrogen and oxygen atoms in total. The van der Waals surface area contributed by atoms with E-state index in [1.165, 1.54) is 18.6 Å². The molecule has 0 atom stereocenters. The van der Waals surface area contributed by atoms with Crippen LogP contribution >= 0.6 is 0 Å². The number of hydrogen-bond donors (Lipinski definition) is 0. The van der Waals surface area contributed by atoms with Gasteiger partial charge in [-0.05, 0) is 18.6 Å². The summed E-state index contributed by atoms with van der Waals surface area (Å²) in [6.45, 7) is 2.54. The third kappa shape index (κ3) is 3.34. The molecule has 0 aliphatic heterocycles. The molecule has 0 saturated carbocycles. The maximum Gasteiger partial charge on any atom is 0.196 e. The summed E-state index contributed by atoms with van der Waals surface area (Å²) in [5, 5.41) is 0. The van der Waals surface area contributed by atoms with Crippen molar-refractivity contribution in [2.24, 2.45) is 0 Å². The van der Waals surface area contributed by atoms with Crippen LogP contribution in [0.15, 0.2) is 36.9 Å². The monoisotopic (exact) mass is 260 g/mol. The van der Waals surface area contributed by atoms with E-state index in [-0.39, 0.29) is 11.3 Å². The maximum absolute atomic E-state index is 13.0. The fourth-order valence-electron chi connectivity index (χ4n) is 1.54. The van der Waals surface area contributed by atoms with Crippen molar-refractivity contribution < 1.29 is 13.9 Å². The standard InChI is InChI=1S/C14H13FN2O2/c1-2-3-19-13-5-11(7-17-9-13)14(18)10-4-12(15)8-16-6-10/h4-9H,2-3H2,1H3. The van der Waals surface area contributed by atoms with Crippen LogP contribution in [-0.2, 0) is 0 Å². The van der Waals surface area contributed by atoms with Crippen molar-refractivity contribution in [3.63, 3.8) is 0 Å². The molecule has 2 aromatic rings. The first-order valence-electron chi connectivity index (χ1n) is 5.94. The highest BCUT2D eigenvalue weighted by molar-refractivity contribution is 6.08. The van der Waals surface area contributed by atoms with E-state index in [1.807, 2.05) is 6.92 Å². The predicted molar refractivity (Wildman–Crippen MR) is 67.7 cm³/mol. The Kier molecular flexibility index (Phi) is 4.18. The van der Waals surface area contributed by atoms with Crippen LogP contribution in [0.5, 0.6) is 5.75 Å². The van der Waals surface area contributed by atoms with Crippen molar-refractivity contribution >= 4 is 5.78 Å². The van der Waals surface area contributed by atoms with Crippen LogP contribution < -0.4 is 4.74 Å². The molecule has 0 bridgehead atoms. The lowest BCUT2D eigenvalue weighted by Crippen LogP contribution is -2.04. The summed E-state index contributed by atoms with van der Waals surface area (Å²) < 4.78 is 18.4. The summed E-state index contributed by atoms with van der Waals surface area (Å²) in [4.78, 5) is 19.7. The third-order valence-electron chi connectivity index (χ3n) is 2.42. The quantitative estimate of drug-likeness (QED) is 0.775. The Morgan fingerprint density at radius 2 is 1.84 bits per heavy atom. The average Bonchev–Trinajstić information content (AvgIpc) is 2.44. The highest BCUT2D eigenvalue weighted by Gasteiger charge is 2.11. The van der Waals surface area contributed by atoms with Gasteiger partial charge in [-0.3, -0.25) is 14.8 Å². The zero-order valence-electron chi connectivity index (χ0n) is 10.5. The summed E-state index contributed by atoms with van der Waals surface area (Å²) in [5.74, 6) is -0.351. The minimum absolute atomic E-state index is 0.189. The van der Waals surface area contributed by atoms with Gasteiger partial charge in [0.1, 0.15) is 11.6 Å². The lowest BCUT2D eigenvalue weighted by atomic mass is 10.1. The Hall–Kier alpha value is -2.30. The van der Waals surface area contributed by atoms with Gasteiger partial charge in [0.2, 0.25) is 0 Å². The van der Waals surface area contributed by atoms with E-state index in [4.69, 9.17) is 4.74 Å². The average molecular weight is 260 g/mol. The van der Waals surface area contributed by atoms with Gasteiger partial charge in [-0.2, -0.15) is 0 Å². The maximum atomic E-state index is 13.0. The van der Waals surface area contributed by atoms with Gasteiger partial charge in [0.15, 0.2) is 5.78 Å². The van der Waals surface area contributed by atoms with Crippen molar-refractivity contribution in [2.45, 2.75) is 13.3 Å². The highest BCUT2D eigenvalue weighted by Crippen LogP contribution is 2.15. The molecular weight excluding hydrogens is 247 g/mol. The van der Waals surface area contributed by atoms with E-state index in [1.54, 1.807) is 6.07 Å². The van der Waals surface area contributed by atoms with Crippen LogP contribution in [0.2, 0.25) is 0 Å². The zero-order chi connectivity index (χ0) is 13.7. The van der Waals surface area contributed by atoms with Crippen molar-refractivity contribution in [1.29, 1.82) is 0 Å². The molecule has 0 spiro atoms. The molecule has 2 aromatic heterocycles. The lowest BCUT2D eigenvalue weighted by Gasteiger charge is -2.05. The molecule has 0 fully saturated rings. The Balaban J connectivity index is 2.24. The number of aromatic nitrogens is 2. The topological polar surface area (TPSA) is 52.1 Å². The van der Waals surface area contributed by atoms with E-state index in [2.05, 4.69) is 9.97 Å². The molecule has 0 amide bonds. The molecule has 0 aliphatic rings. The molecule has 98 valence electrons. The number of halogens is 1. The molecule has 0 saturated heterocycles. The smallest absolute Gasteiger partial charge is 0.196 e. The van der Waals surface area contributed by atoms with Crippen LogP contribution in [-0.4, -0.2) is 22.4 Å². The van der Waals surface area contributed by atoms with Crippen LogP contribution in [0.25, 0.3) is 0 Å². The summed E-state index contributed by atoms with van der Waals surface area (Å²) >= 11 is 0. The van der Waals surface area contributed by atoms with Crippen molar-refractivity contribution in [1.82, 2.24) is 9.97 Å². The largest absolute Gasteiger partial charge is 0.492 e. The molecule has 19 heavy (non-hydrogen) atoms. The second-order valence-electron chi connectivity index (χ2n) is 3.98. The number of hydrogen-bond acceptors (Lipinski definition) is 4. The van der Waals surface area contributed by atoms with Crippen molar-refractivity contribution in [3.05, 3.63) is 53.9 Å². The van der Waals surface area contributed by atoms with Gasteiger partial charge >= 0.3 is 0 Å². The van der Waals surface area contributed by atoms with Gasteiger partial charge in [-0.15, -0.1) is 0 Å². The zero-order valence-corrected chi connectivity index (χ0v) is 10.5.